The Balaban J connectivity index is -0.00000512. The number of ether oxygens (including phenoxy) is 1. The number of carbonyl (C=O) groups is 2. The zero-order chi connectivity index (χ0) is 25.3. The van der Waals surface area contributed by atoms with Gasteiger partial charge in [0.15, 0.2) is 17.5 Å². The fourth-order valence-electron chi connectivity index (χ4n) is 3.32. The quantitative estimate of drug-likeness (QED) is 0.0473. The van der Waals surface area contributed by atoms with Gasteiger partial charge < -0.3 is 39.5 Å². The Kier molecular flexibility index (Phi) is 26.8. The molecular formula is C22H41Na2O10P. The summed E-state index contributed by atoms with van der Waals surface area (Å²) in [5.41, 5.74) is -2.42. The molecule has 4 N–H and O–H groups in total. The number of unbranched alkanes of at least 4 members (excludes halogenated alkanes) is 12. The number of carbonyl (C=O) groups excluding carboxylic acids is 2. The monoisotopic (exact) mass is 542 g/mol. The van der Waals surface area contributed by atoms with Crippen LogP contribution in [-0.4, -0.2) is 62.9 Å². The maximum absolute atomic E-state index is 12.2. The molecule has 0 amide bonds. The van der Waals surface area contributed by atoms with Crippen molar-refractivity contribution in [2.24, 2.45) is 0 Å². The van der Waals surface area contributed by atoms with E-state index in [0.717, 1.165) is 25.7 Å². The third-order valence-corrected chi connectivity index (χ3v) is 6.52. The van der Waals surface area contributed by atoms with E-state index in [2.05, 4.69) is 11.7 Å². The molecule has 13 heteroatoms. The van der Waals surface area contributed by atoms with E-state index in [0.29, 0.717) is 6.42 Å². The van der Waals surface area contributed by atoms with Gasteiger partial charge in [-0.15, -0.1) is 0 Å². The molecule has 0 heterocycles. The van der Waals surface area contributed by atoms with Crippen LogP contribution in [0.15, 0.2) is 0 Å². The number of hydrogen-bond acceptors (Lipinski definition) is 10. The molecule has 3 atom stereocenters. The van der Waals surface area contributed by atoms with E-state index in [1.165, 1.54) is 51.4 Å². The second kappa shape index (κ2) is 23.1. The van der Waals surface area contributed by atoms with Gasteiger partial charge in [-0.3, -0.25) is 4.79 Å². The summed E-state index contributed by atoms with van der Waals surface area (Å²) in [4.78, 5) is 45.1. The van der Waals surface area contributed by atoms with Crippen molar-refractivity contribution in [2.75, 3.05) is 13.2 Å². The number of esters is 1. The molecule has 0 spiro atoms. The van der Waals surface area contributed by atoms with Gasteiger partial charge in [0.1, 0.15) is 12.5 Å². The van der Waals surface area contributed by atoms with Crippen LogP contribution in [0.4, 0.5) is 0 Å². The topological polar surface area (TPSA) is 187 Å². The summed E-state index contributed by atoms with van der Waals surface area (Å²) in [5.74, 6) is -5.40. The van der Waals surface area contributed by atoms with E-state index in [9.17, 15) is 39.3 Å². The van der Waals surface area contributed by atoms with Crippen molar-refractivity contribution in [1.82, 2.24) is 0 Å². The molecule has 3 unspecified atom stereocenters. The number of ketones is 1. The van der Waals surface area contributed by atoms with Crippen LogP contribution in [0.2, 0.25) is 0 Å². The summed E-state index contributed by atoms with van der Waals surface area (Å²) in [7, 11) is -5.67. The first-order chi connectivity index (χ1) is 15.5. The molecule has 0 aromatic heterocycles. The van der Waals surface area contributed by atoms with Crippen LogP contribution < -0.4 is 68.9 Å². The number of rotatable bonds is 21. The molecule has 0 aliphatic rings. The Hall–Kier alpha value is 1.13. The summed E-state index contributed by atoms with van der Waals surface area (Å²) in [6.45, 7) is 0.0972. The molecule has 10 nitrogen and oxygen atoms in total. The first-order valence-electron chi connectivity index (χ1n) is 11.9. The molecule has 0 aromatic carbocycles. The predicted octanol–water partition coefficient (Wildman–Crippen LogP) is -5.10. The Bertz CT molecular complexity index is 605. The zero-order valence-electron chi connectivity index (χ0n) is 21.7. The second-order valence-electron chi connectivity index (χ2n) is 8.61. The Morgan fingerprint density at radius 3 is 1.63 bits per heavy atom. The molecule has 0 rings (SSSR count). The van der Waals surface area contributed by atoms with E-state index in [-0.39, 0.29) is 65.5 Å². The normalized spacial score (nSPS) is 14.7. The molecule has 35 heavy (non-hydrogen) atoms. The zero-order valence-corrected chi connectivity index (χ0v) is 26.5. The van der Waals surface area contributed by atoms with Crippen molar-refractivity contribution in [2.45, 2.75) is 114 Å². The second-order valence-corrected chi connectivity index (χ2v) is 10.2. The van der Waals surface area contributed by atoms with Crippen LogP contribution in [0.25, 0.3) is 0 Å². The molecule has 0 saturated carbocycles. The van der Waals surface area contributed by atoms with Crippen LogP contribution in [-0.2, 0) is 18.9 Å². The van der Waals surface area contributed by atoms with E-state index < -0.39 is 50.1 Å². The average Bonchev–Trinajstić information content (AvgIpc) is 2.78. The smallest absolute Gasteiger partial charge is 0.809 e. The Morgan fingerprint density at radius 1 is 0.857 bits per heavy atom. The van der Waals surface area contributed by atoms with Crippen LogP contribution in [0.1, 0.15) is 96.8 Å². The summed E-state index contributed by atoms with van der Waals surface area (Å²) in [6, 6.07) is 0. The maximum atomic E-state index is 12.2. The van der Waals surface area contributed by atoms with Crippen LogP contribution in [0.3, 0.4) is 0 Å². The van der Waals surface area contributed by atoms with Gasteiger partial charge in [0, 0.05) is 6.42 Å². The molecule has 196 valence electrons. The molecule has 0 aliphatic heterocycles. The van der Waals surface area contributed by atoms with E-state index in [1.54, 1.807) is 0 Å². The van der Waals surface area contributed by atoms with Gasteiger partial charge in [0.05, 0.1) is 6.61 Å². The first-order valence-corrected chi connectivity index (χ1v) is 13.5. The van der Waals surface area contributed by atoms with Gasteiger partial charge in [0.25, 0.3) is 0 Å². The minimum Gasteiger partial charge on any atom is -0.809 e. The number of hydrogen-bond donors (Lipinski definition) is 4. The molecule has 0 saturated heterocycles. The molecule has 0 bridgehead atoms. The largest absolute Gasteiger partial charge is 1.00 e. The molecule has 0 aliphatic carbocycles. The van der Waals surface area contributed by atoms with Crippen LogP contribution in [0.5, 0.6) is 0 Å². The van der Waals surface area contributed by atoms with Gasteiger partial charge >= 0.3 is 65.1 Å². The number of Topliss-reactive ketones (excluding diaryl/α,β-unsaturated/α-hetero) is 1. The minimum atomic E-state index is -5.67. The van der Waals surface area contributed by atoms with E-state index in [4.69, 9.17) is 5.11 Å². The maximum Gasteiger partial charge on any atom is 1.00 e. The van der Waals surface area contributed by atoms with Gasteiger partial charge in [-0.2, -0.15) is 0 Å². The fourth-order valence-corrected chi connectivity index (χ4v) is 3.79. The van der Waals surface area contributed by atoms with E-state index >= 15 is 0 Å². The van der Waals surface area contributed by atoms with Crippen molar-refractivity contribution in [1.29, 1.82) is 0 Å². The molecule has 0 fully saturated rings. The van der Waals surface area contributed by atoms with Gasteiger partial charge in [-0.25, -0.2) is 4.79 Å². The third kappa shape index (κ3) is 18.9. The average molecular weight is 543 g/mol. The van der Waals surface area contributed by atoms with Gasteiger partial charge in [-0.05, 0) is 14.0 Å². The molecule has 0 aromatic rings. The summed E-state index contributed by atoms with van der Waals surface area (Å²) < 4.78 is 15.1. The third-order valence-electron chi connectivity index (χ3n) is 5.59. The Morgan fingerprint density at radius 2 is 1.26 bits per heavy atom. The SMILES string of the molecule is CCCCCCCCCCCCCCCC(=O)C(O)(CO)COC(=O)C(O)C(O)P(=O)([O-])[O-].[Na+].[Na+]. The fraction of sp³-hybridized carbons (Fsp3) is 0.909. The molecule has 0 radical (unpaired) electrons. The van der Waals surface area contributed by atoms with Crippen LogP contribution in [0, 0.1) is 0 Å². The number of aliphatic hydroxyl groups is 4. The minimum absolute atomic E-state index is 0. The first kappa shape index (κ1) is 40.6. The van der Waals surface area contributed by atoms with Crippen molar-refractivity contribution in [3.8, 4) is 0 Å². The van der Waals surface area contributed by atoms with E-state index in [1.807, 2.05) is 0 Å². The molecular weight excluding hydrogens is 501 g/mol. The van der Waals surface area contributed by atoms with Gasteiger partial charge in [0.2, 0.25) is 0 Å². The van der Waals surface area contributed by atoms with Crippen LogP contribution >= 0.6 is 7.60 Å². The standard InChI is InChI=1S/C22H43O10P.2Na/c1-2-3-4-5-6-7-8-9-10-11-12-13-14-15-18(24)22(28,16-23)17-32-20(26)19(25)21(27)33(29,30)31;;/h19,21,23,25,27-28H,2-17H2,1H3,(H2,29,30,31);;/q;2*+1/p-2. The van der Waals surface area contributed by atoms with Crippen molar-refractivity contribution in [3.05, 3.63) is 0 Å². The summed E-state index contributed by atoms with van der Waals surface area (Å²) in [6.07, 6.45) is 11.8. The Labute approximate surface area is 253 Å². The summed E-state index contributed by atoms with van der Waals surface area (Å²) in [5, 5.41) is 38.0. The van der Waals surface area contributed by atoms with Gasteiger partial charge in [-0.1, -0.05) is 84.0 Å². The van der Waals surface area contributed by atoms with Crippen molar-refractivity contribution < 1.29 is 108 Å². The number of aliphatic hydroxyl groups excluding tert-OH is 3. The summed E-state index contributed by atoms with van der Waals surface area (Å²) >= 11 is 0. The van der Waals surface area contributed by atoms with Crippen molar-refractivity contribution >= 4 is 19.3 Å². The van der Waals surface area contributed by atoms with Crippen molar-refractivity contribution in [3.63, 3.8) is 0 Å². The predicted molar refractivity (Wildman–Crippen MR) is 118 cm³/mol.